The van der Waals surface area contributed by atoms with Crippen LogP contribution in [-0.2, 0) is 9.68 Å². The highest BCUT2D eigenvalue weighted by atomic mass is 17.1. The molecule has 5 N–H and O–H groups in total. The van der Waals surface area contributed by atoms with Crippen molar-refractivity contribution in [1.82, 2.24) is 0 Å². The Morgan fingerprint density at radius 2 is 1.30 bits per heavy atom. The van der Waals surface area contributed by atoms with E-state index in [1.54, 1.807) is 0 Å². The molecule has 0 bridgehead atoms. The van der Waals surface area contributed by atoms with E-state index < -0.39 is 5.97 Å². The van der Waals surface area contributed by atoms with Gasteiger partial charge in [0, 0.05) is 18.3 Å². The minimum atomic E-state index is -0.690. The largest absolute Gasteiger partial charge is 0.399 e. The van der Waals surface area contributed by atoms with Gasteiger partial charge >= 0.3 is 5.97 Å². The second-order valence-corrected chi connectivity index (χ2v) is 5.49. The first-order valence-electron chi connectivity index (χ1n) is 7.24. The normalized spacial score (nSPS) is 9.83. The average Bonchev–Trinajstić information content (AvgIpc) is 2.53. The van der Waals surface area contributed by atoms with Crippen LogP contribution in [0, 0.1) is 27.7 Å². The third-order valence-corrected chi connectivity index (χ3v) is 4.01. The quantitative estimate of drug-likeness (QED) is 0.422. The van der Waals surface area contributed by atoms with Gasteiger partial charge in [0.2, 0.25) is 0 Å². The molecule has 0 unspecified atom stereocenters. The predicted molar refractivity (Wildman–Crippen MR) is 94.0 cm³/mol. The number of benzene rings is 2. The van der Waals surface area contributed by atoms with E-state index >= 15 is 0 Å². The number of nitrogens with two attached hydrogens (primary N) is 2. The Bertz CT molecular complexity index is 678. The smallest absolute Gasteiger partial charge is 0.339 e. The Morgan fingerprint density at radius 1 is 0.913 bits per heavy atom. The number of hydrogen-bond acceptors (Lipinski definition) is 5. The molecule has 0 fully saturated rings. The van der Waals surface area contributed by atoms with Crippen molar-refractivity contribution >= 4 is 17.3 Å². The summed E-state index contributed by atoms with van der Waals surface area (Å²) in [5.41, 5.74) is 20.9. The summed E-state index contributed by atoms with van der Waals surface area (Å²) in [5, 5.41) is 7.29. The summed E-state index contributed by atoms with van der Waals surface area (Å²) < 4.78 is 0. The van der Waals surface area contributed by atoms with Crippen LogP contribution in [0.1, 0.15) is 29.2 Å². The zero-order chi connectivity index (χ0) is 17.7. The third kappa shape index (κ3) is 4.23. The molecule has 0 aromatic heterocycles. The van der Waals surface area contributed by atoms with Gasteiger partial charge in [-0.2, -0.15) is 5.26 Å². The van der Waals surface area contributed by atoms with Crippen LogP contribution in [0.5, 0.6) is 0 Å². The summed E-state index contributed by atoms with van der Waals surface area (Å²) in [5.74, 6) is -0.690. The zero-order valence-corrected chi connectivity index (χ0v) is 14.2. The molecule has 2 aromatic carbocycles. The van der Waals surface area contributed by atoms with Crippen LogP contribution in [0.25, 0.3) is 11.1 Å². The number of rotatable bonds is 1. The van der Waals surface area contributed by atoms with Crippen LogP contribution in [0.3, 0.4) is 0 Å². The van der Waals surface area contributed by atoms with E-state index in [0.717, 1.165) is 18.3 Å². The van der Waals surface area contributed by atoms with Gasteiger partial charge in [-0.05, 0) is 73.2 Å². The standard InChI is InChI=1S/C16H20N2.C2H4O3/c1-9-11(3)16(18)12(4)10(2)15(9)13-5-7-14(17)8-6-13;1-2(3)5-4/h5-8H,17-18H2,1-4H3;4H,1H3. The number of carbonyl (C=O) groups excluding carboxylic acids is 1. The number of hydrogen-bond donors (Lipinski definition) is 3. The maximum Gasteiger partial charge on any atom is 0.339 e. The molecule has 0 aliphatic heterocycles. The van der Waals surface area contributed by atoms with Crippen molar-refractivity contribution in [3.05, 3.63) is 46.5 Å². The van der Waals surface area contributed by atoms with Gasteiger partial charge in [0.05, 0.1) is 0 Å². The Kier molecular flexibility index (Phi) is 6.16. The SMILES string of the molecule is CC(=O)OO.Cc1c(C)c(-c2ccc(N)cc2)c(C)c(C)c1N. The van der Waals surface area contributed by atoms with Crippen molar-refractivity contribution in [1.29, 1.82) is 0 Å². The number of nitrogen functional groups attached to an aromatic ring is 2. The Hall–Kier alpha value is -2.53. The molecule has 0 amide bonds. The first kappa shape index (κ1) is 18.5. The molecule has 0 radical (unpaired) electrons. The summed E-state index contributed by atoms with van der Waals surface area (Å²) in [6.45, 7) is 9.53. The molecule has 23 heavy (non-hydrogen) atoms. The molecule has 0 saturated heterocycles. The summed E-state index contributed by atoms with van der Waals surface area (Å²) in [4.78, 5) is 12.5. The van der Waals surface area contributed by atoms with Gasteiger partial charge in [-0.25, -0.2) is 4.79 Å². The molecular weight excluding hydrogens is 292 g/mol. The molecule has 0 spiro atoms. The first-order valence-corrected chi connectivity index (χ1v) is 7.24. The molecule has 0 aliphatic carbocycles. The highest BCUT2D eigenvalue weighted by Crippen LogP contribution is 2.35. The highest BCUT2D eigenvalue weighted by Gasteiger charge is 2.13. The van der Waals surface area contributed by atoms with Crippen molar-refractivity contribution in [2.75, 3.05) is 11.5 Å². The summed E-state index contributed by atoms with van der Waals surface area (Å²) in [6, 6.07) is 8.02. The number of carbonyl (C=O) groups is 1. The Labute approximate surface area is 136 Å². The first-order chi connectivity index (χ1) is 10.7. The lowest BCUT2D eigenvalue weighted by atomic mass is 9.88. The molecular formula is C18H24N2O3. The van der Waals surface area contributed by atoms with Gasteiger partial charge in [-0.15, -0.1) is 0 Å². The van der Waals surface area contributed by atoms with E-state index in [1.165, 1.54) is 33.4 Å². The van der Waals surface area contributed by atoms with Gasteiger partial charge in [-0.3, -0.25) is 0 Å². The lowest BCUT2D eigenvalue weighted by Crippen LogP contribution is -2.02. The van der Waals surface area contributed by atoms with Crippen LogP contribution >= 0.6 is 0 Å². The lowest BCUT2D eigenvalue weighted by molar-refractivity contribution is -0.231. The molecule has 0 heterocycles. The molecule has 124 valence electrons. The van der Waals surface area contributed by atoms with Crippen LogP contribution in [-0.4, -0.2) is 11.2 Å². The molecule has 5 heteroatoms. The summed E-state index contributed by atoms with van der Waals surface area (Å²) in [6.07, 6.45) is 0. The highest BCUT2D eigenvalue weighted by molar-refractivity contribution is 5.78. The molecule has 5 nitrogen and oxygen atoms in total. The van der Waals surface area contributed by atoms with E-state index in [0.29, 0.717) is 0 Å². The maximum atomic E-state index is 9.34. The monoisotopic (exact) mass is 316 g/mol. The van der Waals surface area contributed by atoms with Crippen LogP contribution in [0.2, 0.25) is 0 Å². The topological polar surface area (TPSA) is 98.6 Å². The van der Waals surface area contributed by atoms with Gasteiger partial charge in [0.15, 0.2) is 0 Å². The molecule has 0 atom stereocenters. The Balaban J connectivity index is 0.000000463. The van der Waals surface area contributed by atoms with E-state index in [1.807, 2.05) is 12.1 Å². The molecule has 0 saturated carbocycles. The van der Waals surface area contributed by atoms with E-state index in [4.69, 9.17) is 16.7 Å². The second kappa shape index (κ2) is 7.65. The van der Waals surface area contributed by atoms with Crippen LogP contribution in [0.4, 0.5) is 11.4 Å². The molecule has 0 aliphatic rings. The van der Waals surface area contributed by atoms with Crippen molar-refractivity contribution in [3.8, 4) is 11.1 Å². The van der Waals surface area contributed by atoms with Gasteiger partial charge in [0.25, 0.3) is 0 Å². The average molecular weight is 316 g/mol. The van der Waals surface area contributed by atoms with Crippen molar-refractivity contribution in [3.63, 3.8) is 0 Å². The van der Waals surface area contributed by atoms with E-state index in [-0.39, 0.29) is 0 Å². The van der Waals surface area contributed by atoms with E-state index in [9.17, 15) is 4.79 Å². The lowest BCUT2D eigenvalue weighted by Gasteiger charge is -2.18. The minimum Gasteiger partial charge on any atom is -0.399 e. The predicted octanol–water partition coefficient (Wildman–Crippen LogP) is 3.77. The van der Waals surface area contributed by atoms with Crippen molar-refractivity contribution in [2.24, 2.45) is 0 Å². The van der Waals surface area contributed by atoms with Gasteiger partial charge in [0.1, 0.15) is 0 Å². The maximum absolute atomic E-state index is 9.34. The van der Waals surface area contributed by atoms with Gasteiger partial charge < -0.3 is 16.4 Å². The molecule has 2 aromatic rings. The minimum absolute atomic E-state index is 0.690. The van der Waals surface area contributed by atoms with Crippen molar-refractivity contribution < 1.29 is 14.9 Å². The van der Waals surface area contributed by atoms with Crippen LogP contribution in [0.15, 0.2) is 24.3 Å². The molecule has 2 rings (SSSR count). The zero-order valence-electron chi connectivity index (χ0n) is 14.2. The van der Waals surface area contributed by atoms with E-state index in [2.05, 4.69) is 44.7 Å². The second-order valence-electron chi connectivity index (χ2n) is 5.49. The third-order valence-electron chi connectivity index (χ3n) is 4.01. The summed E-state index contributed by atoms with van der Waals surface area (Å²) >= 11 is 0. The Morgan fingerprint density at radius 3 is 1.65 bits per heavy atom. The fourth-order valence-corrected chi connectivity index (χ4v) is 2.42. The number of anilines is 2. The fraction of sp³-hybridized carbons (Fsp3) is 0.278. The van der Waals surface area contributed by atoms with Crippen molar-refractivity contribution in [2.45, 2.75) is 34.6 Å². The van der Waals surface area contributed by atoms with Crippen LogP contribution < -0.4 is 11.5 Å². The van der Waals surface area contributed by atoms with Gasteiger partial charge in [-0.1, -0.05) is 12.1 Å². The summed E-state index contributed by atoms with van der Waals surface area (Å²) in [7, 11) is 0. The fourth-order valence-electron chi connectivity index (χ4n) is 2.42.